The molecule has 1 fully saturated rings. The second-order valence-electron chi connectivity index (χ2n) is 6.15. The summed E-state index contributed by atoms with van der Waals surface area (Å²) in [6.07, 6.45) is 0.698. The molecule has 1 N–H and O–H groups in total. The highest BCUT2D eigenvalue weighted by Gasteiger charge is 2.67. The Kier molecular flexibility index (Phi) is 8.46. The summed E-state index contributed by atoms with van der Waals surface area (Å²) in [7, 11) is 1.28. The summed E-state index contributed by atoms with van der Waals surface area (Å²) in [6, 6.07) is 0. The van der Waals surface area contributed by atoms with E-state index in [9.17, 15) is 9.59 Å². The molecule has 1 unspecified atom stereocenters. The molecule has 1 rings (SSSR count). The van der Waals surface area contributed by atoms with Crippen molar-refractivity contribution in [2.24, 2.45) is 0 Å². The first-order valence-electron chi connectivity index (χ1n) is 9.23. The minimum atomic E-state index is -1.49. The van der Waals surface area contributed by atoms with Crippen LogP contribution in [-0.4, -0.2) is 62.5 Å². The summed E-state index contributed by atoms with van der Waals surface area (Å²) < 4.78 is 28.9. The number of hydrogen-bond donors (Lipinski definition) is 1. The van der Waals surface area contributed by atoms with Gasteiger partial charge in [-0.1, -0.05) is 0 Å². The van der Waals surface area contributed by atoms with Crippen molar-refractivity contribution < 1.29 is 33.3 Å². The molecule has 1 aliphatic rings. The molecule has 1 amide bonds. The highest BCUT2D eigenvalue weighted by atomic mass is 16.7. The van der Waals surface area contributed by atoms with E-state index in [0.717, 1.165) is 0 Å². The number of ether oxygens (including phenoxy) is 5. The van der Waals surface area contributed by atoms with Gasteiger partial charge in [-0.15, -0.1) is 0 Å². The van der Waals surface area contributed by atoms with Crippen molar-refractivity contribution in [3.8, 4) is 0 Å². The summed E-state index contributed by atoms with van der Waals surface area (Å²) in [6.45, 7) is 10.1. The fourth-order valence-electron chi connectivity index (χ4n) is 3.77. The highest BCUT2D eigenvalue weighted by molar-refractivity contribution is 5.88. The molecule has 0 spiro atoms. The van der Waals surface area contributed by atoms with Crippen molar-refractivity contribution in [2.45, 2.75) is 71.0 Å². The van der Waals surface area contributed by atoms with Gasteiger partial charge >= 0.3 is 5.97 Å². The Hall–Kier alpha value is -1.22. The van der Waals surface area contributed by atoms with E-state index in [1.165, 1.54) is 14.0 Å². The van der Waals surface area contributed by atoms with Gasteiger partial charge < -0.3 is 29.0 Å². The van der Waals surface area contributed by atoms with Crippen LogP contribution in [0.1, 0.15) is 53.9 Å². The Labute approximate surface area is 155 Å². The van der Waals surface area contributed by atoms with Crippen molar-refractivity contribution in [1.82, 2.24) is 5.32 Å². The number of esters is 1. The number of rotatable bonds is 10. The highest BCUT2D eigenvalue weighted by Crippen LogP contribution is 2.48. The molecule has 0 radical (unpaired) electrons. The van der Waals surface area contributed by atoms with Crippen LogP contribution in [0.2, 0.25) is 0 Å². The molecule has 0 heterocycles. The van der Waals surface area contributed by atoms with Crippen molar-refractivity contribution in [3.63, 3.8) is 0 Å². The average Bonchev–Trinajstić information content (AvgIpc) is 2.57. The third-order valence-electron chi connectivity index (χ3n) is 4.53. The molecule has 0 aromatic heterocycles. The third kappa shape index (κ3) is 4.36. The van der Waals surface area contributed by atoms with E-state index in [1.807, 2.05) is 13.8 Å². The number of carbonyl (C=O) groups excluding carboxylic acids is 2. The van der Waals surface area contributed by atoms with E-state index >= 15 is 0 Å². The topological polar surface area (TPSA) is 92.3 Å². The molecule has 0 bridgehead atoms. The molecule has 8 nitrogen and oxygen atoms in total. The van der Waals surface area contributed by atoms with Gasteiger partial charge in [0.25, 0.3) is 0 Å². The Morgan fingerprint density at radius 2 is 1.38 bits per heavy atom. The van der Waals surface area contributed by atoms with Crippen molar-refractivity contribution in [1.29, 1.82) is 0 Å². The number of carbonyl (C=O) groups is 2. The van der Waals surface area contributed by atoms with Crippen LogP contribution >= 0.6 is 0 Å². The molecule has 0 aliphatic heterocycles. The molecule has 26 heavy (non-hydrogen) atoms. The lowest BCUT2D eigenvalue weighted by Gasteiger charge is -2.55. The standard InChI is InChI=1S/C18H33NO7/c1-7-23-16(24-8-2)11-12-17(15(21)22-6,19-14(5)20)18(13-16,25-9-3)26-10-4/h7-13H2,1-6H3,(H,19,20). The predicted octanol–water partition coefficient (Wildman–Crippen LogP) is 1.76. The van der Waals surface area contributed by atoms with Gasteiger partial charge in [0.2, 0.25) is 11.7 Å². The van der Waals surface area contributed by atoms with E-state index in [0.29, 0.717) is 19.6 Å². The van der Waals surface area contributed by atoms with Crippen LogP contribution in [0.3, 0.4) is 0 Å². The van der Waals surface area contributed by atoms with Gasteiger partial charge in [0.05, 0.1) is 13.5 Å². The van der Waals surface area contributed by atoms with Gasteiger partial charge in [-0.2, -0.15) is 0 Å². The zero-order valence-electron chi connectivity index (χ0n) is 16.8. The first kappa shape index (κ1) is 22.8. The van der Waals surface area contributed by atoms with Crippen LogP contribution in [0.5, 0.6) is 0 Å². The maximum Gasteiger partial charge on any atom is 0.337 e. The molecule has 1 aliphatic carbocycles. The zero-order chi connectivity index (χ0) is 19.8. The predicted molar refractivity (Wildman–Crippen MR) is 94.4 cm³/mol. The van der Waals surface area contributed by atoms with Crippen LogP contribution in [0.15, 0.2) is 0 Å². The van der Waals surface area contributed by atoms with E-state index in [1.54, 1.807) is 13.8 Å². The normalized spacial score (nSPS) is 24.1. The van der Waals surface area contributed by atoms with Gasteiger partial charge in [-0.25, -0.2) is 4.79 Å². The van der Waals surface area contributed by atoms with E-state index in [-0.39, 0.29) is 32.0 Å². The first-order valence-corrected chi connectivity index (χ1v) is 9.23. The van der Waals surface area contributed by atoms with Crippen LogP contribution < -0.4 is 5.32 Å². The number of methoxy groups -OCH3 is 1. The summed E-state index contributed by atoms with van der Waals surface area (Å²) in [5.41, 5.74) is -1.49. The minimum Gasteiger partial charge on any atom is -0.467 e. The second kappa shape index (κ2) is 9.64. The number of amides is 1. The Bertz CT molecular complexity index is 470. The minimum absolute atomic E-state index is 0.124. The van der Waals surface area contributed by atoms with Crippen LogP contribution in [-0.2, 0) is 33.3 Å². The Balaban J connectivity index is 3.52. The quantitative estimate of drug-likeness (QED) is 0.459. The molecular formula is C18H33NO7. The molecule has 8 heteroatoms. The number of nitrogens with one attached hydrogen (secondary N) is 1. The Morgan fingerprint density at radius 1 is 0.885 bits per heavy atom. The van der Waals surface area contributed by atoms with Crippen molar-refractivity contribution in [2.75, 3.05) is 33.5 Å². The maximum absolute atomic E-state index is 12.8. The molecule has 152 valence electrons. The molecule has 0 aromatic rings. The lowest BCUT2D eigenvalue weighted by atomic mass is 9.72. The molecular weight excluding hydrogens is 342 g/mol. The summed E-state index contributed by atoms with van der Waals surface area (Å²) in [4.78, 5) is 24.8. The lowest BCUT2D eigenvalue weighted by Crippen LogP contribution is -2.75. The van der Waals surface area contributed by atoms with E-state index < -0.39 is 23.1 Å². The van der Waals surface area contributed by atoms with Crippen molar-refractivity contribution in [3.05, 3.63) is 0 Å². The zero-order valence-corrected chi connectivity index (χ0v) is 16.8. The van der Waals surface area contributed by atoms with E-state index in [2.05, 4.69) is 5.32 Å². The van der Waals surface area contributed by atoms with Gasteiger partial charge in [0.15, 0.2) is 11.3 Å². The largest absolute Gasteiger partial charge is 0.467 e. The summed E-state index contributed by atoms with van der Waals surface area (Å²) in [5.74, 6) is -3.43. The average molecular weight is 375 g/mol. The van der Waals surface area contributed by atoms with Gasteiger partial charge in [-0.05, 0) is 34.1 Å². The maximum atomic E-state index is 12.8. The molecule has 0 aromatic carbocycles. The first-order chi connectivity index (χ1) is 12.3. The van der Waals surface area contributed by atoms with E-state index in [4.69, 9.17) is 23.7 Å². The fraction of sp³-hybridized carbons (Fsp3) is 0.889. The monoisotopic (exact) mass is 375 g/mol. The Morgan fingerprint density at radius 3 is 1.77 bits per heavy atom. The van der Waals surface area contributed by atoms with Crippen LogP contribution in [0.4, 0.5) is 0 Å². The summed E-state index contributed by atoms with van der Waals surface area (Å²) in [5, 5.41) is 2.75. The van der Waals surface area contributed by atoms with Gasteiger partial charge in [-0.3, -0.25) is 4.79 Å². The van der Waals surface area contributed by atoms with Crippen LogP contribution in [0.25, 0.3) is 0 Å². The van der Waals surface area contributed by atoms with Gasteiger partial charge in [0, 0.05) is 39.8 Å². The fourth-order valence-corrected chi connectivity index (χ4v) is 3.77. The lowest BCUT2D eigenvalue weighted by molar-refractivity contribution is -0.356. The SMILES string of the molecule is CCOC1(OCC)CCC(NC(C)=O)(C(=O)OC)C(OCC)(OCC)C1. The van der Waals surface area contributed by atoms with Gasteiger partial charge in [0.1, 0.15) is 0 Å². The molecule has 1 atom stereocenters. The number of hydrogen-bond acceptors (Lipinski definition) is 7. The molecule has 1 saturated carbocycles. The van der Waals surface area contributed by atoms with Crippen molar-refractivity contribution >= 4 is 11.9 Å². The third-order valence-corrected chi connectivity index (χ3v) is 4.53. The second-order valence-corrected chi connectivity index (χ2v) is 6.15. The molecule has 0 saturated heterocycles. The van der Waals surface area contributed by atoms with Crippen LogP contribution in [0, 0.1) is 0 Å². The summed E-state index contributed by atoms with van der Waals surface area (Å²) >= 11 is 0. The smallest absolute Gasteiger partial charge is 0.337 e.